The van der Waals surface area contributed by atoms with Gasteiger partial charge in [-0.1, -0.05) is 0 Å². The van der Waals surface area contributed by atoms with Crippen molar-refractivity contribution in [1.82, 2.24) is 10.2 Å². The number of carbonyl (C=O) groups excluding carboxylic acids is 2. The SMILES string of the molecule is CS(=O)(=O)C1CC(C(=O)NC2(C#N)CC2)N(C(=O)C2(C(F)(F)F)CC2)C1. The van der Waals surface area contributed by atoms with Crippen molar-refractivity contribution in [3.05, 3.63) is 0 Å². The molecule has 3 rings (SSSR count). The molecule has 0 radical (unpaired) electrons. The van der Waals surface area contributed by atoms with Crippen LogP contribution in [0.15, 0.2) is 0 Å². The maximum absolute atomic E-state index is 13.3. The zero-order chi connectivity index (χ0) is 19.5. The quantitative estimate of drug-likeness (QED) is 0.749. The van der Waals surface area contributed by atoms with Crippen LogP contribution in [0.4, 0.5) is 13.2 Å². The topological polar surface area (TPSA) is 107 Å². The monoisotopic (exact) mass is 393 g/mol. The molecule has 2 atom stereocenters. The highest BCUT2D eigenvalue weighted by Gasteiger charge is 2.70. The van der Waals surface area contributed by atoms with Crippen LogP contribution in [0.1, 0.15) is 32.1 Å². The third-order valence-corrected chi connectivity index (χ3v) is 7.01. The molecular formula is C15H18F3N3O4S. The standard InChI is InChI=1S/C15H18F3N3O4S/c1-26(24,25)9-6-10(11(22)20-13(8-19)2-3-13)21(7-9)12(23)14(4-5-14)15(16,17)18/h9-10H,2-7H2,1H3,(H,20,22). The molecule has 7 nitrogen and oxygen atoms in total. The molecule has 1 saturated heterocycles. The van der Waals surface area contributed by atoms with Crippen LogP contribution in [0.3, 0.4) is 0 Å². The Bertz CT molecular complexity index is 794. The van der Waals surface area contributed by atoms with Gasteiger partial charge in [0.05, 0.1) is 11.3 Å². The number of alkyl halides is 3. The number of carbonyl (C=O) groups is 2. The number of nitrogens with zero attached hydrogens (tertiary/aromatic N) is 2. The minimum atomic E-state index is -4.75. The number of hydrogen-bond acceptors (Lipinski definition) is 5. The van der Waals surface area contributed by atoms with E-state index in [9.17, 15) is 31.2 Å². The van der Waals surface area contributed by atoms with E-state index in [1.54, 1.807) is 0 Å². The van der Waals surface area contributed by atoms with Crippen LogP contribution in [0.2, 0.25) is 0 Å². The lowest BCUT2D eigenvalue weighted by Crippen LogP contribution is -2.53. The number of nitrogens with one attached hydrogen (secondary N) is 1. The minimum absolute atomic E-state index is 0.272. The Balaban J connectivity index is 1.86. The van der Waals surface area contributed by atoms with Gasteiger partial charge in [0.15, 0.2) is 9.84 Å². The molecule has 11 heteroatoms. The van der Waals surface area contributed by atoms with E-state index < -0.39 is 56.6 Å². The van der Waals surface area contributed by atoms with E-state index in [1.807, 2.05) is 6.07 Å². The molecule has 0 spiro atoms. The lowest BCUT2D eigenvalue weighted by Gasteiger charge is -2.29. The Kier molecular flexibility index (Phi) is 4.07. The van der Waals surface area contributed by atoms with Gasteiger partial charge < -0.3 is 10.2 Å². The van der Waals surface area contributed by atoms with Gasteiger partial charge in [-0.15, -0.1) is 0 Å². The summed E-state index contributed by atoms with van der Waals surface area (Å²) in [5.41, 5.74) is -3.58. The molecule has 0 aromatic carbocycles. The Morgan fingerprint density at radius 2 is 1.81 bits per heavy atom. The van der Waals surface area contributed by atoms with Crippen LogP contribution in [0.25, 0.3) is 0 Å². The highest BCUT2D eigenvalue weighted by atomic mass is 32.2. The summed E-state index contributed by atoms with van der Waals surface area (Å²) in [4.78, 5) is 25.8. The van der Waals surface area contributed by atoms with E-state index in [2.05, 4.69) is 5.32 Å². The first-order valence-corrected chi connectivity index (χ1v) is 10.1. The molecule has 1 N–H and O–H groups in total. The van der Waals surface area contributed by atoms with Crippen molar-refractivity contribution in [2.24, 2.45) is 5.41 Å². The molecule has 0 aromatic rings. The second kappa shape index (κ2) is 5.58. The van der Waals surface area contributed by atoms with Gasteiger partial charge in [0.1, 0.15) is 17.0 Å². The highest BCUT2D eigenvalue weighted by molar-refractivity contribution is 7.91. The molecule has 26 heavy (non-hydrogen) atoms. The molecule has 1 aliphatic heterocycles. The maximum atomic E-state index is 13.3. The Morgan fingerprint density at radius 1 is 1.23 bits per heavy atom. The lowest BCUT2D eigenvalue weighted by molar-refractivity contribution is -0.199. The Hall–Kier alpha value is -1.83. The molecule has 3 fully saturated rings. The largest absolute Gasteiger partial charge is 0.403 e. The summed E-state index contributed by atoms with van der Waals surface area (Å²) in [5.74, 6) is -2.03. The molecule has 2 aliphatic carbocycles. The van der Waals surface area contributed by atoms with Crippen molar-refractivity contribution in [2.75, 3.05) is 12.8 Å². The van der Waals surface area contributed by atoms with Crippen LogP contribution in [0, 0.1) is 16.7 Å². The van der Waals surface area contributed by atoms with Gasteiger partial charge in [0.2, 0.25) is 11.8 Å². The number of halogens is 3. The summed E-state index contributed by atoms with van der Waals surface area (Å²) in [5, 5.41) is 10.4. The fraction of sp³-hybridized carbons (Fsp3) is 0.800. The molecule has 2 saturated carbocycles. The lowest BCUT2D eigenvalue weighted by atomic mass is 10.0. The predicted octanol–water partition coefficient (Wildman–Crippen LogP) is 0.515. The number of sulfone groups is 1. The molecule has 0 bridgehead atoms. The summed E-state index contributed by atoms with van der Waals surface area (Å²) < 4.78 is 63.5. The first-order valence-electron chi connectivity index (χ1n) is 8.15. The van der Waals surface area contributed by atoms with Gasteiger partial charge in [0, 0.05) is 12.8 Å². The van der Waals surface area contributed by atoms with Gasteiger partial charge in [-0.2, -0.15) is 18.4 Å². The summed E-state index contributed by atoms with van der Waals surface area (Å²) in [6, 6.07) is 0.599. The highest BCUT2D eigenvalue weighted by Crippen LogP contribution is 2.59. The summed E-state index contributed by atoms with van der Waals surface area (Å²) in [6.45, 7) is -0.451. The molecule has 0 aromatic heterocycles. The van der Waals surface area contributed by atoms with Crippen molar-refractivity contribution < 1.29 is 31.2 Å². The van der Waals surface area contributed by atoms with Crippen molar-refractivity contribution in [3.63, 3.8) is 0 Å². The second-order valence-corrected chi connectivity index (χ2v) is 9.75. The van der Waals surface area contributed by atoms with E-state index in [4.69, 9.17) is 5.26 Å². The molecule has 1 heterocycles. The number of amides is 2. The maximum Gasteiger partial charge on any atom is 0.403 e. The number of nitriles is 1. The number of hydrogen-bond donors (Lipinski definition) is 1. The smallest absolute Gasteiger partial charge is 0.336 e. The average molecular weight is 393 g/mol. The molecular weight excluding hydrogens is 375 g/mol. The van der Waals surface area contributed by atoms with Crippen LogP contribution in [-0.2, 0) is 19.4 Å². The van der Waals surface area contributed by atoms with E-state index in [0.29, 0.717) is 12.8 Å². The summed E-state index contributed by atoms with van der Waals surface area (Å²) in [6.07, 6.45) is -4.01. The number of rotatable bonds is 4. The predicted molar refractivity (Wildman–Crippen MR) is 82.2 cm³/mol. The summed E-state index contributed by atoms with van der Waals surface area (Å²) >= 11 is 0. The van der Waals surface area contributed by atoms with E-state index >= 15 is 0 Å². The van der Waals surface area contributed by atoms with Crippen molar-refractivity contribution >= 4 is 21.7 Å². The second-order valence-electron chi connectivity index (χ2n) is 7.42. The fourth-order valence-electron chi connectivity index (χ4n) is 3.31. The van der Waals surface area contributed by atoms with E-state index in [-0.39, 0.29) is 19.3 Å². The van der Waals surface area contributed by atoms with E-state index in [0.717, 1.165) is 11.2 Å². The normalized spacial score (nSPS) is 29.0. The first-order chi connectivity index (χ1) is 11.9. The fourth-order valence-corrected chi connectivity index (χ4v) is 4.27. The summed E-state index contributed by atoms with van der Waals surface area (Å²) in [7, 11) is -3.65. The van der Waals surface area contributed by atoms with Gasteiger partial charge in [-0.05, 0) is 32.1 Å². The van der Waals surface area contributed by atoms with Gasteiger partial charge >= 0.3 is 6.18 Å². The van der Waals surface area contributed by atoms with E-state index in [1.165, 1.54) is 0 Å². The molecule has 2 unspecified atom stereocenters. The van der Waals surface area contributed by atoms with Crippen LogP contribution in [-0.4, -0.2) is 60.9 Å². The zero-order valence-corrected chi connectivity index (χ0v) is 14.8. The van der Waals surface area contributed by atoms with Gasteiger partial charge in [-0.25, -0.2) is 8.42 Å². The van der Waals surface area contributed by atoms with Crippen molar-refractivity contribution in [2.45, 2.75) is 55.1 Å². The van der Waals surface area contributed by atoms with Crippen LogP contribution < -0.4 is 5.32 Å². The van der Waals surface area contributed by atoms with Crippen LogP contribution >= 0.6 is 0 Å². The first kappa shape index (κ1) is 18.9. The zero-order valence-electron chi connectivity index (χ0n) is 14.0. The average Bonchev–Trinajstić information content (AvgIpc) is 3.42. The Labute approximate surface area is 148 Å². The van der Waals surface area contributed by atoms with Crippen molar-refractivity contribution in [3.8, 4) is 6.07 Å². The third kappa shape index (κ3) is 3.04. The van der Waals surface area contributed by atoms with Crippen LogP contribution in [0.5, 0.6) is 0 Å². The molecule has 2 amide bonds. The third-order valence-electron chi connectivity index (χ3n) is 5.46. The van der Waals surface area contributed by atoms with Gasteiger partial charge in [-0.3, -0.25) is 9.59 Å². The minimum Gasteiger partial charge on any atom is -0.336 e. The molecule has 144 valence electrons. The van der Waals surface area contributed by atoms with Gasteiger partial charge in [0.25, 0.3) is 0 Å². The number of likely N-dealkylation sites (tertiary alicyclic amines) is 1. The Morgan fingerprint density at radius 3 is 2.19 bits per heavy atom. The van der Waals surface area contributed by atoms with Crippen molar-refractivity contribution in [1.29, 1.82) is 5.26 Å². The molecule has 3 aliphatic rings.